The number of hydrogen-bond acceptors (Lipinski definition) is 5. The van der Waals surface area contributed by atoms with Crippen LogP contribution in [-0.4, -0.2) is 29.3 Å². The molecule has 1 N–H and O–H groups in total. The van der Waals surface area contributed by atoms with Gasteiger partial charge in [0.15, 0.2) is 5.82 Å². The number of rotatable bonds is 7. The standard InChI is InChI=1S/C24H25FN2O3/c1-2-17-6-3-4-8-23(17)29-19-9-10-22(18(14-19)16-28)27-13-11-20(15-27)30-24-21(25)7-5-12-26-24/h3-10,12,14,20,28H,2,11,13,15-16H2,1H3/t20-/m0/s1. The van der Waals surface area contributed by atoms with Gasteiger partial charge >= 0.3 is 0 Å². The van der Waals surface area contributed by atoms with Crippen LogP contribution in [0.5, 0.6) is 17.4 Å². The predicted molar refractivity (Wildman–Crippen MR) is 114 cm³/mol. The van der Waals surface area contributed by atoms with E-state index in [2.05, 4.69) is 16.8 Å². The molecule has 1 aliphatic heterocycles. The summed E-state index contributed by atoms with van der Waals surface area (Å²) >= 11 is 0. The minimum Gasteiger partial charge on any atom is -0.470 e. The molecular formula is C24H25FN2O3. The largest absolute Gasteiger partial charge is 0.470 e. The summed E-state index contributed by atoms with van der Waals surface area (Å²) in [6.07, 6.45) is 2.99. The third kappa shape index (κ3) is 4.39. The molecule has 2 aromatic carbocycles. The average Bonchev–Trinajstić information content (AvgIpc) is 3.24. The van der Waals surface area contributed by atoms with Crippen molar-refractivity contribution in [3.8, 4) is 17.4 Å². The summed E-state index contributed by atoms with van der Waals surface area (Å²) in [5.74, 6) is 1.08. The van der Waals surface area contributed by atoms with E-state index in [1.807, 2.05) is 42.5 Å². The fourth-order valence-electron chi connectivity index (χ4n) is 3.74. The summed E-state index contributed by atoms with van der Waals surface area (Å²) in [6.45, 7) is 3.35. The first-order chi connectivity index (χ1) is 14.7. The number of aromatic nitrogens is 1. The Morgan fingerprint density at radius 2 is 2.00 bits per heavy atom. The van der Waals surface area contributed by atoms with E-state index in [4.69, 9.17) is 9.47 Å². The van der Waals surface area contributed by atoms with E-state index in [-0.39, 0.29) is 18.6 Å². The van der Waals surface area contributed by atoms with Gasteiger partial charge in [-0.3, -0.25) is 0 Å². The Kier molecular flexibility index (Phi) is 6.14. The minimum atomic E-state index is -0.458. The second-order valence-electron chi connectivity index (χ2n) is 7.28. The van der Waals surface area contributed by atoms with Crippen LogP contribution in [0.4, 0.5) is 10.1 Å². The fourth-order valence-corrected chi connectivity index (χ4v) is 3.74. The fraction of sp³-hybridized carbons (Fsp3) is 0.292. The summed E-state index contributed by atoms with van der Waals surface area (Å²) in [6, 6.07) is 16.6. The number of halogens is 1. The van der Waals surface area contributed by atoms with Crippen LogP contribution in [0.1, 0.15) is 24.5 Å². The van der Waals surface area contributed by atoms with Gasteiger partial charge < -0.3 is 19.5 Å². The van der Waals surface area contributed by atoms with Gasteiger partial charge in [-0.1, -0.05) is 25.1 Å². The highest BCUT2D eigenvalue weighted by atomic mass is 19.1. The number of para-hydroxylation sites is 1. The second kappa shape index (κ2) is 9.13. The normalized spacial score (nSPS) is 16.0. The van der Waals surface area contributed by atoms with Crippen LogP contribution in [0, 0.1) is 5.82 Å². The number of aliphatic hydroxyl groups excluding tert-OH is 1. The summed E-state index contributed by atoms with van der Waals surface area (Å²) in [5.41, 5.74) is 2.85. The lowest BCUT2D eigenvalue weighted by Crippen LogP contribution is -2.25. The lowest BCUT2D eigenvalue weighted by atomic mass is 10.1. The minimum absolute atomic E-state index is 0.0325. The van der Waals surface area contributed by atoms with Crippen molar-refractivity contribution in [1.82, 2.24) is 4.98 Å². The molecule has 5 nitrogen and oxygen atoms in total. The van der Waals surface area contributed by atoms with Crippen LogP contribution in [0.15, 0.2) is 60.8 Å². The average molecular weight is 408 g/mol. The summed E-state index contributed by atoms with van der Waals surface area (Å²) in [5, 5.41) is 9.93. The Morgan fingerprint density at radius 1 is 1.13 bits per heavy atom. The van der Waals surface area contributed by atoms with E-state index >= 15 is 0 Å². The molecule has 1 atom stereocenters. The SMILES string of the molecule is CCc1ccccc1Oc1ccc(N2CC[C@H](Oc3ncccc3F)C2)c(CO)c1. The van der Waals surface area contributed by atoms with Gasteiger partial charge in [-0.15, -0.1) is 0 Å². The van der Waals surface area contributed by atoms with Crippen LogP contribution in [0.25, 0.3) is 0 Å². The van der Waals surface area contributed by atoms with Gasteiger partial charge in [-0.25, -0.2) is 9.37 Å². The van der Waals surface area contributed by atoms with Crippen molar-refractivity contribution in [1.29, 1.82) is 0 Å². The zero-order valence-corrected chi connectivity index (χ0v) is 16.9. The molecule has 0 radical (unpaired) electrons. The van der Waals surface area contributed by atoms with Gasteiger partial charge in [0.1, 0.15) is 17.6 Å². The molecule has 6 heteroatoms. The molecule has 0 saturated carbocycles. The first kappa shape index (κ1) is 20.2. The van der Waals surface area contributed by atoms with Crippen molar-refractivity contribution >= 4 is 5.69 Å². The predicted octanol–water partition coefficient (Wildman–Crippen LogP) is 4.73. The molecule has 0 aliphatic carbocycles. The maximum atomic E-state index is 13.8. The number of aryl methyl sites for hydroxylation is 1. The van der Waals surface area contributed by atoms with E-state index in [1.165, 1.54) is 12.3 Å². The number of aliphatic hydroxyl groups is 1. The molecule has 1 fully saturated rings. The Labute approximate surface area is 175 Å². The van der Waals surface area contributed by atoms with E-state index in [0.717, 1.165) is 42.0 Å². The molecule has 0 bridgehead atoms. The molecule has 0 amide bonds. The van der Waals surface area contributed by atoms with E-state index < -0.39 is 5.82 Å². The van der Waals surface area contributed by atoms with E-state index in [1.54, 1.807) is 6.07 Å². The highest BCUT2D eigenvalue weighted by molar-refractivity contribution is 5.57. The molecule has 0 unspecified atom stereocenters. The van der Waals surface area contributed by atoms with Crippen molar-refractivity contribution in [3.63, 3.8) is 0 Å². The van der Waals surface area contributed by atoms with Crippen LogP contribution in [0.2, 0.25) is 0 Å². The van der Waals surface area contributed by atoms with E-state index in [0.29, 0.717) is 12.3 Å². The first-order valence-electron chi connectivity index (χ1n) is 10.2. The van der Waals surface area contributed by atoms with Gasteiger partial charge in [0.05, 0.1) is 13.2 Å². The summed E-state index contributed by atoms with van der Waals surface area (Å²) < 4.78 is 25.6. The molecule has 1 saturated heterocycles. The Morgan fingerprint density at radius 3 is 2.80 bits per heavy atom. The number of nitrogens with zero attached hydrogens (tertiary/aromatic N) is 2. The van der Waals surface area contributed by atoms with Crippen LogP contribution in [-0.2, 0) is 13.0 Å². The third-order valence-electron chi connectivity index (χ3n) is 5.29. The molecule has 1 aromatic heterocycles. The quantitative estimate of drug-likeness (QED) is 0.613. The van der Waals surface area contributed by atoms with Gasteiger partial charge in [0.25, 0.3) is 5.88 Å². The molecule has 30 heavy (non-hydrogen) atoms. The topological polar surface area (TPSA) is 54.8 Å². The number of ether oxygens (including phenoxy) is 2. The number of anilines is 1. The lowest BCUT2D eigenvalue weighted by molar-refractivity contribution is 0.205. The third-order valence-corrected chi connectivity index (χ3v) is 5.29. The summed E-state index contributed by atoms with van der Waals surface area (Å²) in [7, 11) is 0. The molecule has 3 aromatic rings. The van der Waals surface area contributed by atoms with Crippen molar-refractivity contribution in [2.24, 2.45) is 0 Å². The van der Waals surface area contributed by atoms with Gasteiger partial charge in [-0.05, 0) is 48.4 Å². The van der Waals surface area contributed by atoms with Gasteiger partial charge in [-0.2, -0.15) is 0 Å². The van der Waals surface area contributed by atoms with Crippen molar-refractivity contribution in [3.05, 3.63) is 77.7 Å². The van der Waals surface area contributed by atoms with Crippen LogP contribution < -0.4 is 14.4 Å². The first-order valence-corrected chi connectivity index (χ1v) is 10.2. The number of hydrogen-bond donors (Lipinski definition) is 1. The maximum Gasteiger partial charge on any atom is 0.250 e. The maximum absolute atomic E-state index is 13.8. The Balaban J connectivity index is 1.47. The van der Waals surface area contributed by atoms with Crippen LogP contribution >= 0.6 is 0 Å². The van der Waals surface area contributed by atoms with Crippen molar-refractivity contribution < 1.29 is 19.0 Å². The van der Waals surface area contributed by atoms with Crippen molar-refractivity contribution in [2.45, 2.75) is 32.5 Å². The monoisotopic (exact) mass is 408 g/mol. The van der Waals surface area contributed by atoms with Gasteiger partial charge in [0.2, 0.25) is 0 Å². The zero-order chi connectivity index (χ0) is 20.9. The van der Waals surface area contributed by atoms with Crippen molar-refractivity contribution in [2.75, 3.05) is 18.0 Å². The molecule has 156 valence electrons. The smallest absolute Gasteiger partial charge is 0.250 e. The highest BCUT2D eigenvalue weighted by Crippen LogP contribution is 2.32. The molecule has 4 rings (SSSR count). The molecular weight excluding hydrogens is 383 g/mol. The molecule has 1 aliphatic rings. The Bertz CT molecular complexity index is 1010. The second-order valence-corrected chi connectivity index (χ2v) is 7.28. The number of pyridine rings is 1. The zero-order valence-electron chi connectivity index (χ0n) is 16.9. The van der Waals surface area contributed by atoms with Gasteiger partial charge in [0, 0.05) is 30.4 Å². The highest BCUT2D eigenvalue weighted by Gasteiger charge is 2.27. The van der Waals surface area contributed by atoms with E-state index in [9.17, 15) is 9.50 Å². The lowest BCUT2D eigenvalue weighted by Gasteiger charge is -2.22. The molecule has 2 heterocycles. The summed E-state index contributed by atoms with van der Waals surface area (Å²) in [4.78, 5) is 6.11. The number of benzene rings is 2. The van der Waals surface area contributed by atoms with Crippen LogP contribution in [0.3, 0.4) is 0 Å². The Hall–Kier alpha value is -3.12. The molecule has 0 spiro atoms.